The van der Waals surface area contributed by atoms with Crippen molar-refractivity contribution in [1.29, 1.82) is 0 Å². The summed E-state index contributed by atoms with van der Waals surface area (Å²) in [6, 6.07) is 0. The average Bonchev–Trinajstić information content (AvgIpc) is 2.18. The molecular weight excluding hydrogens is 186 g/mol. The number of piperidine rings is 1. The molecule has 0 saturated carbocycles. The fourth-order valence-electron chi connectivity index (χ4n) is 1.34. The quantitative estimate of drug-likeness (QED) is 0.483. The SMILES string of the molecule is NC(=O)CONC(=O)[C@H]1CCCNC1. The van der Waals surface area contributed by atoms with Crippen LogP contribution in [-0.4, -0.2) is 31.5 Å². The molecule has 1 saturated heterocycles. The van der Waals surface area contributed by atoms with Crippen molar-refractivity contribution in [2.45, 2.75) is 12.8 Å². The monoisotopic (exact) mass is 201 g/mol. The highest BCUT2D eigenvalue weighted by Crippen LogP contribution is 2.09. The van der Waals surface area contributed by atoms with E-state index in [1.54, 1.807) is 0 Å². The van der Waals surface area contributed by atoms with E-state index in [1.807, 2.05) is 0 Å². The molecule has 0 aromatic carbocycles. The van der Waals surface area contributed by atoms with Crippen molar-refractivity contribution in [1.82, 2.24) is 10.8 Å². The lowest BCUT2D eigenvalue weighted by atomic mass is 9.99. The van der Waals surface area contributed by atoms with Gasteiger partial charge < -0.3 is 11.1 Å². The van der Waals surface area contributed by atoms with Gasteiger partial charge in [-0.3, -0.25) is 14.4 Å². The van der Waals surface area contributed by atoms with Crippen molar-refractivity contribution in [3.63, 3.8) is 0 Å². The number of hydrogen-bond acceptors (Lipinski definition) is 4. The summed E-state index contributed by atoms with van der Waals surface area (Å²) in [5.74, 6) is -0.873. The van der Waals surface area contributed by atoms with Gasteiger partial charge in [-0.2, -0.15) is 0 Å². The minimum absolute atomic E-state index is 0.0726. The Morgan fingerprint density at radius 2 is 2.36 bits per heavy atom. The summed E-state index contributed by atoms with van der Waals surface area (Å²) >= 11 is 0. The van der Waals surface area contributed by atoms with Gasteiger partial charge in [-0.25, -0.2) is 5.48 Å². The van der Waals surface area contributed by atoms with Crippen LogP contribution in [-0.2, 0) is 14.4 Å². The zero-order valence-corrected chi connectivity index (χ0v) is 7.91. The Kier molecular flexibility index (Phi) is 4.34. The Bertz CT molecular complexity index is 214. The number of carbonyl (C=O) groups excluding carboxylic acids is 2. The van der Waals surface area contributed by atoms with Crippen LogP contribution in [0.2, 0.25) is 0 Å². The van der Waals surface area contributed by atoms with Crippen LogP contribution in [0.25, 0.3) is 0 Å². The third kappa shape index (κ3) is 3.71. The van der Waals surface area contributed by atoms with Gasteiger partial charge >= 0.3 is 0 Å². The maximum Gasteiger partial charge on any atom is 0.247 e. The topological polar surface area (TPSA) is 93.5 Å². The summed E-state index contributed by atoms with van der Waals surface area (Å²) in [7, 11) is 0. The van der Waals surface area contributed by atoms with Gasteiger partial charge in [-0.05, 0) is 19.4 Å². The molecule has 1 heterocycles. The Balaban J connectivity index is 2.16. The molecule has 0 aromatic rings. The third-order valence-electron chi connectivity index (χ3n) is 2.05. The molecule has 80 valence electrons. The molecular formula is C8H15N3O3. The molecule has 1 rings (SSSR count). The van der Waals surface area contributed by atoms with Gasteiger partial charge in [0, 0.05) is 6.54 Å². The van der Waals surface area contributed by atoms with E-state index in [1.165, 1.54) is 0 Å². The molecule has 1 aliphatic rings. The first kappa shape index (κ1) is 10.9. The van der Waals surface area contributed by atoms with Gasteiger partial charge in [0.05, 0.1) is 5.92 Å². The summed E-state index contributed by atoms with van der Waals surface area (Å²) in [5, 5.41) is 3.11. The summed E-state index contributed by atoms with van der Waals surface area (Å²) in [6.07, 6.45) is 1.83. The van der Waals surface area contributed by atoms with E-state index in [0.29, 0.717) is 6.54 Å². The predicted molar refractivity (Wildman–Crippen MR) is 48.9 cm³/mol. The minimum Gasteiger partial charge on any atom is -0.368 e. The van der Waals surface area contributed by atoms with E-state index in [-0.39, 0.29) is 18.4 Å². The summed E-state index contributed by atoms with van der Waals surface area (Å²) in [4.78, 5) is 26.3. The Morgan fingerprint density at radius 3 is 2.93 bits per heavy atom. The second-order valence-corrected chi connectivity index (χ2v) is 3.26. The van der Waals surface area contributed by atoms with Crippen LogP contribution in [0.3, 0.4) is 0 Å². The molecule has 0 aromatic heterocycles. The van der Waals surface area contributed by atoms with Gasteiger partial charge in [-0.1, -0.05) is 0 Å². The lowest BCUT2D eigenvalue weighted by molar-refractivity contribution is -0.141. The minimum atomic E-state index is -0.605. The number of amides is 2. The van der Waals surface area contributed by atoms with Crippen molar-refractivity contribution in [2.75, 3.05) is 19.7 Å². The molecule has 0 spiro atoms. The standard InChI is InChI=1S/C8H15N3O3/c9-7(12)5-14-11-8(13)6-2-1-3-10-4-6/h6,10H,1-5H2,(H2,9,12)(H,11,13)/t6-/m0/s1. The van der Waals surface area contributed by atoms with Crippen LogP contribution in [0.4, 0.5) is 0 Å². The first-order chi connectivity index (χ1) is 6.70. The fourth-order valence-corrected chi connectivity index (χ4v) is 1.34. The highest BCUT2D eigenvalue weighted by Gasteiger charge is 2.20. The molecule has 1 aliphatic heterocycles. The molecule has 14 heavy (non-hydrogen) atoms. The van der Waals surface area contributed by atoms with E-state index in [4.69, 9.17) is 5.73 Å². The molecule has 2 amide bonds. The van der Waals surface area contributed by atoms with Crippen molar-refractivity contribution in [2.24, 2.45) is 11.7 Å². The molecule has 0 unspecified atom stereocenters. The van der Waals surface area contributed by atoms with E-state index in [2.05, 4.69) is 15.6 Å². The van der Waals surface area contributed by atoms with Crippen LogP contribution >= 0.6 is 0 Å². The fraction of sp³-hybridized carbons (Fsp3) is 0.750. The van der Waals surface area contributed by atoms with Crippen LogP contribution in [0.15, 0.2) is 0 Å². The Morgan fingerprint density at radius 1 is 1.57 bits per heavy atom. The number of nitrogens with one attached hydrogen (secondary N) is 2. The lowest BCUT2D eigenvalue weighted by Crippen LogP contribution is -2.41. The first-order valence-corrected chi connectivity index (χ1v) is 4.61. The second kappa shape index (κ2) is 5.56. The van der Waals surface area contributed by atoms with Gasteiger partial charge in [0.2, 0.25) is 11.8 Å². The highest BCUT2D eigenvalue weighted by molar-refractivity contribution is 5.78. The summed E-state index contributed by atoms with van der Waals surface area (Å²) in [6.45, 7) is 1.32. The van der Waals surface area contributed by atoms with Crippen LogP contribution in [0.1, 0.15) is 12.8 Å². The van der Waals surface area contributed by atoms with E-state index in [9.17, 15) is 9.59 Å². The smallest absolute Gasteiger partial charge is 0.247 e. The highest BCUT2D eigenvalue weighted by atomic mass is 16.7. The van der Waals surface area contributed by atoms with Crippen molar-refractivity contribution >= 4 is 11.8 Å². The summed E-state index contributed by atoms with van der Waals surface area (Å²) < 4.78 is 0. The molecule has 0 radical (unpaired) electrons. The zero-order valence-electron chi connectivity index (χ0n) is 7.91. The average molecular weight is 201 g/mol. The lowest BCUT2D eigenvalue weighted by Gasteiger charge is -2.21. The molecule has 0 bridgehead atoms. The molecule has 1 atom stereocenters. The van der Waals surface area contributed by atoms with Crippen LogP contribution in [0, 0.1) is 5.92 Å². The van der Waals surface area contributed by atoms with Gasteiger partial charge in [-0.15, -0.1) is 0 Å². The number of rotatable bonds is 4. The normalized spacial score (nSPS) is 21.6. The number of hydroxylamine groups is 1. The number of nitrogens with two attached hydrogens (primary N) is 1. The summed E-state index contributed by atoms with van der Waals surface area (Å²) in [5.41, 5.74) is 7.03. The van der Waals surface area contributed by atoms with Crippen LogP contribution < -0.4 is 16.5 Å². The number of carbonyl (C=O) groups is 2. The largest absolute Gasteiger partial charge is 0.368 e. The zero-order chi connectivity index (χ0) is 10.4. The molecule has 6 heteroatoms. The Hall–Kier alpha value is -1.14. The van der Waals surface area contributed by atoms with Gasteiger partial charge in [0.15, 0.2) is 6.61 Å². The van der Waals surface area contributed by atoms with Crippen molar-refractivity contribution < 1.29 is 14.4 Å². The van der Waals surface area contributed by atoms with E-state index >= 15 is 0 Å². The van der Waals surface area contributed by atoms with E-state index in [0.717, 1.165) is 19.4 Å². The molecule has 1 fully saturated rings. The number of primary amides is 1. The molecule has 6 nitrogen and oxygen atoms in total. The third-order valence-corrected chi connectivity index (χ3v) is 2.05. The van der Waals surface area contributed by atoms with E-state index < -0.39 is 5.91 Å². The van der Waals surface area contributed by atoms with Gasteiger partial charge in [0.1, 0.15) is 0 Å². The van der Waals surface area contributed by atoms with Crippen LogP contribution in [0.5, 0.6) is 0 Å². The number of hydrogen-bond donors (Lipinski definition) is 3. The first-order valence-electron chi connectivity index (χ1n) is 4.61. The molecule has 4 N–H and O–H groups in total. The Labute approximate surface area is 82.1 Å². The second-order valence-electron chi connectivity index (χ2n) is 3.26. The van der Waals surface area contributed by atoms with Crippen molar-refractivity contribution in [3.8, 4) is 0 Å². The predicted octanol–water partition coefficient (Wildman–Crippen LogP) is -1.48. The van der Waals surface area contributed by atoms with Crippen molar-refractivity contribution in [3.05, 3.63) is 0 Å². The maximum atomic E-state index is 11.4. The maximum absolute atomic E-state index is 11.4. The van der Waals surface area contributed by atoms with Gasteiger partial charge in [0.25, 0.3) is 0 Å². The molecule has 0 aliphatic carbocycles.